The van der Waals surface area contributed by atoms with Crippen LogP contribution in [0.15, 0.2) is 48.6 Å². The molecule has 17 heavy (non-hydrogen) atoms. The predicted molar refractivity (Wildman–Crippen MR) is 66.9 cm³/mol. The number of carbonyl (C=O) groups excluding carboxylic acids is 1. The molecule has 0 atom stereocenters. The van der Waals surface area contributed by atoms with E-state index in [0.29, 0.717) is 6.54 Å². The lowest BCUT2D eigenvalue weighted by molar-refractivity contribution is -0.123. The summed E-state index contributed by atoms with van der Waals surface area (Å²) < 4.78 is 5.15. The van der Waals surface area contributed by atoms with Gasteiger partial charge in [-0.2, -0.15) is 12.2 Å². The van der Waals surface area contributed by atoms with Gasteiger partial charge in [-0.3, -0.25) is 4.79 Å². The first-order chi connectivity index (χ1) is 8.13. The van der Waals surface area contributed by atoms with E-state index in [1.54, 1.807) is 24.2 Å². The van der Waals surface area contributed by atoms with E-state index in [4.69, 9.17) is 4.74 Å². The Kier molecular flexibility index (Phi) is 2.94. The molecule has 1 saturated heterocycles. The molecule has 1 heterocycles. The summed E-state index contributed by atoms with van der Waals surface area (Å²) in [5, 5.41) is 0. The molecule has 2 aliphatic rings. The molecular weight excluding hydrogens is 214 g/mol. The lowest BCUT2D eigenvalue weighted by Crippen LogP contribution is -2.24. The molecule has 1 aliphatic carbocycles. The number of methoxy groups -OCH3 is 1. The average molecular weight is 230 g/mol. The number of amides is 1. The van der Waals surface area contributed by atoms with Crippen LogP contribution in [-0.4, -0.2) is 31.5 Å². The number of hydrogen-bond donors (Lipinski definition) is 0. The summed E-state index contributed by atoms with van der Waals surface area (Å²) in [6.45, 7) is 4.33. The molecule has 1 fully saturated rings. The monoisotopic (exact) mass is 230 g/mol. The van der Waals surface area contributed by atoms with Crippen LogP contribution in [0.4, 0.5) is 0 Å². The normalized spacial score (nSPS) is 24.1. The molecule has 3 heteroatoms. The van der Waals surface area contributed by atoms with Crippen molar-refractivity contribution in [2.24, 2.45) is 5.41 Å². The Balaban J connectivity index is 2.38. The fourth-order valence-corrected chi connectivity index (χ4v) is 2.29. The number of hydrogen-bond acceptors (Lipinski definition) is 2. The summed E-state index contributed by atoms with van der Waals surface area (Å²) in [5.41, 5.74) is 0.430. The molecule has 0 N–H and O–H groups in total. The summed E-state index contributed by atoms with van der Waals surface area (Å²) in [7, 11) is 3.44. The highest BCUT2D eigenvalue weighted by atomic mass is 16.5. The minimum atomic E-state index is -0.331. The maximum absolute atomic E-state index is 12.0. The van der Waals surface area contributed by atoms with Gasteiger partial charge in [-0.1, -0.05) is 18.7 Å². The zero-order chi connectivity index (χ0) is 12.5. The van der Waals surface area contributed by atoms with Crippen molar-refractivity contribution in [3.05, 3.63) is 54.7 Å². The van der Waals surface area contributed by atoms with E-state index >= 15 is 0 Å². The van der Waals surface area contributed by atoms with Crippen LogP contribution in [0.1, 0.15) is 0 Å². The van der Waals surface area contributed by atoms with Gasteiger partial charge < -0.3 is 9.64 Å². The van der Waals surface area contributed by atoms with Crippen molar-refractivity contribution < 1.29 is 9.53 Å². The first kappa shape index (κ1) is 11.7. The Hall–Kier alpha value is -1.74. The van der Waals surface area contributed by atoms with Crippen molar-refractivity contribution in [2.45, 2.75) is 0 Å². The minimum absolute atomic E-state index is 0.0556. The maximum Gasteiger partial charge on any atom is 0.248 e. The van der Waals surface area contributed by atoms with Gasteiger partial charge in [0.2, 0.25) is 5.91 Å². The number of nitrogens with zero attached hydrogens (tertiary/aromatic N) is 1. The van der Waals surface area contributed by atoms with Gasteiger partial charge >= 0.3 is 0 Å². The van der Waals surface area contributed by atoms with Crippen LogP contribution < -0.4 is 0 Å². The van der Waals surface area contributed by atoms with Crippen LogP contribution in [0.5, 0.6) is 0 Å². The molecule has 0 radical (unpaired) electrons. The van der Waals surface area contributed by atoms with Crippen molar-refractivity contribution >= 4 is 5.91 Å². The SMILES string of the molecule is C=C/C=C1\C(=O)N(C)CC12C=C[C-](OC)C=C2. The highest BCUT2D eigenvalue weighted by Crippen LogP contribution is 2.41. The van der Waals surface area contributed by atoms with Gasteiger partial charge in [0, 0.05) is 26.3 Å². The molecular formula is C14H16NO2-. The summed E-state index contributed by atoms with van der Waals surface area (Å²) in [6.07, 6.45) is 12.1. The van der Waals surface area contributed by atoms with E-state index in [2.05, 4.69) is 6.58 Å². The van der Waals surface area contributed by atoms with Crippen LogP contribution in [-0.2, 0) is 9.53 Å². The van der Waals surface area contributed by atoms with E-state index < -0.39 is 0 Å². The number of likely N-dealkylation sites (tertiary alicyclic amines) is 1. The topological polar surface area (TPSA) is 29.5 Å². The molecule has 0 saturated carbocycles. The number of ether oxygens (including phenoxy) is 1. The maximum atomic E-state index is 12.0. The predicted octanol–water partition coefficient (Wildman–Crippen LogP) is 1.86. The first-order valence-corrected chi connectivity index (χ1v) is 5.51. The number of likely N-dealkylation sites (N-methyl/N-ethyl adjacent to an activating group) is 1. The second kappa shape index (κ2) is 4.26. The van der Waals surface area contributed by atoms with Crippen molar-refractivity contribution in [2.75, 3.05) is 20.7 Å². The van der Waals surface area contributed by atoms with E-state index in [1.165, 1.54) is 0 Å². The van der Waals surface area contributed by atoms with Gasteiger partial charge in [-0.25, -0.2) is 0 Å². The Morgan fingerprint density at radius 3 is 2.71 bits per heavy atom. The second-order valence-electron chi connectivity index (χ2n) is 4.29. The zero-order valence-electron chi connectivity index (χ0n) is 10.1. The molecule has 2 rings (SSSR count). The van der Waals surface area contributed by atoms with Gasteiger partial charge in [-0.15, -0.1) is 12.2 Å². The fourth-order valence-electron chi connectivity index (χ4n) is 2.29. The van der Waals surface area contributed by atoms with Crippen molar-refractivity contribution in [1.29, 1.82) is 0 Å². The summed E-state index contributed by atoms with van der Waals surface area (Å²) >= 11 is 0. The quantitative estimate of drug-likeness (QED) is 0.535. The third-order valence-corrected chi connectivity index (χ3v) is 3.19. The standard InChI is InChI=1S/C14H16NO2/c1-4-5-12-13(16)15(2)10-14(12)8-6-11(17-3)7-9-14/h4-9H,1,10H2,2-3H3/q-1/b12-5+. The molecule has 0 aromatic rings. The summed E-state index contributed by atoms with van der Waals surface area (Å²) in [5.74, 6) is 0.0556. The Labute approximate surface area is 102 Å². The number of carbonyl (C=O) groups is 1. The third kappa shape index (κ3) is 1.83. The van der Waals surface area contributed by atoms with Crippen LogP contribution in [0, 0.1) is 11.5 Å². The van der Waals surface area contributed by atoms with Crippen LogP contribution >= 0.6 is 0 Å². The summed E-state index contributed by atoms with van der Waals surface area (Å²) in [6, 6.07) is 0. The van der Waals surface area contributed by atoms with Gasteiger partial charge in [0.05, 0.1) is 0 Å². The second-order valence-corrected chi connectivity index (χ2v) is 4.29. The minimum Gasteiger partial charge on any atom is -0.410 e. The third-order valence-electron chi connectivity index (χ3n) is 3.19. The van der Waals surface area contributed by atoms with Crippen LogP contribution in [0.25, 0.3) is 0 Å². The molecule has 90 valence electrons. The number of allylic oxidation sites excluding steroid dienone is 2. The van der Waals surface area contributed by atoms with Crippen LogP contribution in [0.3, 0.4) is 0 Å². The molecule has 0 unspecified atom stereocenters. The van der Waals surface area contributed by atoms with E-state index in [0.717, 1.165) is 11.7 Å². The van der Waals surface area contributed by atoms with Gasteiger partial charge in [0.15, 0.2) is 0 Å². The van der Waals surface area contributed by atoms with Gasteiger partial charge in [-0.05, 0) is 11.5 Å². The van der Waals surface area contributed by atoms with Gasteiger partial charge in [0.25, 0.3) is 0 Å². The first-order valence-electron chi connectivity index (χ1n) is 5.51. The molecule has 0 bridgehead atoms. The fraction of sp³-hybridized carbons (Fsp3) is 0.286. The molecule has 3 nitrogen and oxygen atoms in total. The van der Waals surface area contributed by atoms with Crippen molar-refractivity contribution in [1.82, 2.24) is 4.90 Å². The van der Waals surface area contributed by atoms with E-state index in [1.807, 2.05) is 31.4 Å². The number of rotatable bonds is 2. The molecule has 0 aromatic heterocycles. The largest absolute Gasteiger partial charge is 0.410 e. The smallest absolute Gasteiger partial charge is 0.248 e. The highest BCUT2D eigenvalue weighted by Gasteiger charge is 2.39. The summed E-state index contributed by atoms with van der Waals surface area (Å²) in [4.78, 5) is 13.7. The molecule has 1 aliphatic heterocycles. The molecule has 0 aromatic carbocycles. The molecule has 1 spiro atoms. The lowest BCUT2D eigenvalue weighted by atomic mass is 9.78. The van der Waals surface area contributed by atoms with Crippen molar-refractivity contribution in [3.8, 4) is 0 Å². The van der Waals surface area contributed by atoms with Crippen LogP contribution in [0.2, 0.25) is 0 Å². The van der Waals surface area contributed by atoms with Crippen molar-refractivity contribution in [3.63, 3.8) is 0 Å². The lowest BCUT2D eigenvalue weighted by Gasteiger charge is -2.33. The average Bonchev–Trinajstić information content (AvgIpc) is 2.56. The highest BCUT2D eigenvalue weighted by molar-refractivity contribution is 5.99. The Morgan fingerprint density at radius 1 is 1.53 bits per heavy atom. The zero-order valence-corrected chi connectivity index (χ0v) is 10.1. The Morgan fingerprint density at radius 2 is 2.18 bits per heavy atom. The van der Waals surface area contributed by atoms with E-state index in [9.17, 15) is 4.79 Å². The van der Waals surface area contributed by atoms with Gasteiger partial charge in [0.1, 0.15) is 0 Å². The van der Waals surface area contributed by atoms with E-state index in [-0.39, 0.29) is 11.3 Å². The Bertz CT molecular complexity index is 418. The molecule has 1 amide bonds.